The van der Waals surface area contributed by atoms with Gasteiger partial charge in [-0.2, -0.15) is 18.2 Å². The summed E-state index contributed by atoms with van der Waals surface area (Å²) < 4.78 is 40.7. The van der Waals surface area contributed by atoms with Crippen molar-refractivity contribution in [2.75, 3.05) is 5.73 Å². The van der Waals surface area contributed by atoms with E-state index in [0.29, 0.717) is 5.69 Å². The summed E-state index contributed by atoms with van der Waals surface area (Å²) in [6.45, 7) is 0. The summed E-state index contributed by atoms with van der Waals surface area (Å²) in [7, 11) is 0. The number of aromatic nitrogens is 2. The molecule has 0 radical (unpaired) electrons. The molecule has 0 saturated heterocycles. The fourth-order valence-corrected chi connectivity index (χ4v) is 1.26. The van der Waals surface area contributed by atoms with Gasteiger partial charge >= 0.3 is 12.1 Å². The van der Waals surface area contributed by atoms with E-state index in [2.05, 4.69) is 14.7 Å². The van der Waals surface area contributed by atoms with Gasteiger partial charge in [0.15, 0.2) is 5.82 Å². The number of hydrogen-bond donors (Lipinski definition) is 1. The van der Waals surface area contributed by atoms with Gasteiger partial charge in [-0.15, -0.1) is 0 Å². The quantitative estimate of drug-likeness (QED) is 0.821. The van der Waals surface area contributed by atoms with E-state index < -0.39 is 12.1 Å². The molecule has 1 aromatic heterocycles. The number of nitrogens with zero attached hydrogens (tertiary/aromatic N) is 2. The molecule has 0 unspecified atom stereocenters. The number of halogens is 3. The number of alkyl halides is 3. The predicted octanol–water partition coefficient (Wildman–Crippen LogP) is 2.26. The third-order valence-corrected chi connectivity index (χ3v) is 2.05. The average molecular weight is 243 g/mol. The molecule has 0 amide bonds. The van der Waals surface area contributed by atoms with Crippen LogP contribution in [0.15, 0.2) is 28.8 Å². The van der Waals surface area contributed by atoms with E-state index in [9.17, 15) is 13.2 Å². The highest BCUT2D eigenvalue weighted by Crippen LogP contribution is 2.27. The first-order valence-electron chi connectivity index (χ1n) is 4.69. The van der Waals surface area contributed by atoms with Crippen LogP contribution in [-0.4, -0.2) is 10.1 Å². The lowest BCUT2D eigenvalue weighted by atomic mass is 10.1. The van der Waals surface area contributed by atoms with E-state index in [4.69, 9.17) is 5.73 Å². The maximum absolute atomic E-state index is 12.2. The van der Waals surface area contributed by atoms with Gasteiger partial charge in [0.2, 0.25) is 0 Å². The van der Waals surface area contributed by atoms with Crippen molar-refractivity contribution in [2.24, 2.45) is 0 Å². The SMILES string of the molecule is Nc1ccc(Cc2noc(C(F)(F)F)n2)cc1. The highest BCUT2D eigenvalue weighted by Gasteiger charge is 2.38. The molecular weight excluding hydrogens is 235 g/mol. The summed E-state index contributed by atoms with van der Waals surface area (Å²) in [6.07, 6.45) is -4.44. The van der Waals surface area contributed by atoms with Gasteiger partial charge in [-0.3, -0.25) is 0 Å². The Hall–Kier alpha value is -2.05. The van der Waals surface area contributed by atoms with Crippen molar-refractivity contribution < 1.29 is 17.7 Å². The van der Waals surface area contributed by atoms with Crippen LogP contribution in [0.5, 0.6) is 0 Å². The van der Waals surface area contributed by atoms with Crippen molar-refractivity contribution in [3.05, 3.63) is 41.5 Å². The highest BCUT2D eigenvalue weighted by atomic mass is 19.4. The fraction of sp³-hybridized carbons (Fsp3) is 0.200. The highest BCUT2D eigenvalue weighted by molar-refractivity contribution is 5.39. The molecular formula is C10H8F3N3O. The number of nitrogen functional groups attached to an aromatic ring is 1. The number of nitrogens with two attached hydrogens (primary N) is 1. The monoisotopic (exact) mass is 243 g/mol. The maximum atomic E-state index is 12.2. The Labute approximate surface area is 94.2 Å². The van der Waals surface area contributed by atoms with Crippen LogP contribution in [0.2, 0.25) is 0 Å². The third kappa shape index (κ3) is 2.74. The Kier molecular flexibility index (Phi) is 2.74. The molecule has 0 bridgehead atoms. The molecule has 2 N–H and O–H groups in total. The Bertz CT molecular complexity index is 504. The Morgan fingerprint density at radius 2 is 1.82 bits per heavy atom. The first-order valence-corrected chi connectivity index (χ1v) is 4.69. The van der Waals surface area contributed by atoms with Crippen LogP contribution in [-0.2, 0) is 12.6 Å². The minimum atomic E-state index is -4.60. The summed E-state index contributed by atoms with van der Waals surface area (Å²) in [5.74, 6) is -1.34. The van der Waals surface area contributed by atoms with Gasteiger partial charge in [0.1, 0.15) is 0 Å². The van der Waals surface area contributed by atoms with Crippen LogP contribution in [0.3, 0.4) is 0 Å². The molecule has 2 rings (SSSR count). The lowest BCUT2D eigenvalue weighted by Crippen LogP contribution is -2.05. The second-order valence-corrected chi connectivity index (χ2v) is 3.43. The van der Waals surface area contributed by atoms with Crippen molar-refractivity contribution in [1.82, 2.24) is 10.1 Å². The van der Waals surface area contributed by atoms with E-state index >= 15 is 0 Å². The number of benzene rings is 1. The molecule has 0 aliphatic carbocycles. The van der Waals surface area contributed by atoms with E-state index in [-0.39, 0.29) is 12.2 Å². The summed E-state index contributed by atoms with van der Waals surface area (Å²) in [6, 6.07) is 6.69. The number of rotatable bonds is 2. The number of hydrogen-bond acceptors (Lipinski definition) is 4. The van der Waals surface area contributed by atoms with Crippen LogP contribution < -0.4 is 5.73 Å². The van der Waals surface area contributed by atoms with Gasteiger partial charge in [-0.25, -0.2) is 0 Å². The van der Waals surface area contributed by atoms with Gasteiger partial charge < -0.3 is 10.3 Å². The molecule has 17 heavy (non-hydrogen) atoms. The summed E-state index contributed by atoms with van der Waals surface area (Å²) in [4.78, 5) is 3.27. The lowest BCUT2D eigenvalue weighted by molar-refractivity contribution is -0.159. The minimum absolute atomic E-state index is 0.0119. The molecule has 0 fully saturated rings. The van der Waals surface area contributed by atoms with Crippen molar-refractivity contribution in [3.8, 4) is 0 Å². The maximum Gasteiger partial charge on any atom is 0.471 e. The Balaban J connectivity index is 2.14. The van der Waals surface area contributed by atoms with Gasteiger partial charge in [0, 0.05) is 12.1 Å². The van der Waals surface area contributed by atoms with Crippen LogP contribution >= 0.6 is 0 Å². The van der Waals surface area contributed by atoms with Crippen molar-refractivity contribution in [1.29, 1.82) is 0 Å². The Morgan fingerprint density at radius 3 is 2.35 bits per heavy atom. The van der Waals surface area contributed by atoms with E-state index in [1.165, 1.54) is 0 Å². The van der Waals surface area contributed by atoms with E-state index in [0.717, 1.165) is 5.56 Å². The molecule has 0 aliphatic rings. The van der Waals surface area contributed by atoms with Gasteiger partial charge in [0.05, 0.1) is 0 Å². The molecule has 2 aromatic rings. The van der Waals surface area contributed by atoms with E-state index in [1.54, 1.807) is 24.3 Å². The zero-order valence-electron chi connectivity index (χ0n) is 8.53. The summed E-state index contributed by atoms with van der Waals surface area (Å²) in [5.41, 5.74) is 6.82. The van der Waals surface area contributed by atoms with Crippen molar-refractivity contribution in [2.45, 2.75) is 12.6 Å². The standard InChI is InChI=1S/C10H8F3N3O/c11-10(12,13)9-15-8(16-17-9)5-6-1-3-7(14)4-2-6/h1-4H,5,14H2. The van der Waals surface area contributed by atoms with Crippen LogP contribution in [0.4, 0.5) is 18.9 Å². The third-order valence-electron chi connectivity index (χ3n) is 2.05. The zero-order chi connectivity index (χ0) is 12.5. The summed E-state index contributed by atoms with van der Waals surface area (Å²) >= 11 is 0. The van der Waals surface area contributed by atoms with Crippen molar-refractivity contribution in [3.63, 3.8) is 0 Å². The molecule has 0 saturated carbocycles. The first-order chi connectivity index (χ1) is 7.95. The molecule has 90 valence electrons. The molecule has 7 heteroatoms. The Morgan fingerprint density at radius 1 is 1.18 bits per heavy atom. The molecule has 0 aliphatic heterocycles. The predicted molar refractivity (Wildman–Crippen MR) is 53.0 cm³/mol. The van der Waals surface area contributed by atoms with Crippen LogP contribution in [0.25, 0.3) is 0 Å². The zero-order valence-corrected chi connectivity index (χ0v) is 8.53. The van der Waals surface area contributed by atoms with Crippen molar-refractivity contribution >= 4 is 5.69 Å². The average Bonchev–Trinajstić information content (AvgIpc) is 2.69. The lowest BCUT2D eigenvalue weighted by Gasteiger charge is -1.97. The van der Waals surface area contributed by atoms with Crippen LogP contribution in [0.1, 0.15) is 17.3 Å². The molecule has 4 nitrogen and oxygen atoms in total. The largest absolute Gasteiger partial charge is 0.471 e. The van der Waals surface area contributed by atoms with Crippen LogP contribution in [0, 0.1) is 0 Å². The topological polar surface area (TPSA) is 64.9 Å². The molecule has 0 spiro atoms. The van der Waals surface area contributed by atoms with Gasteiger partial charge in [-0.1, -0.05) is 17.3 Å². The molecule has 1 heterocycles. The normalized spacial score (nSPS) is 11.7. The second kappa shape index (κ2) is 4.08. The summed E-state index contributed by atoms with van der Waals surface area (Å²) in [5, 5.41) is 3.26. The first kappa shape index (κ1) is 11.4. The second-order valence-electron chi connectivity index (χ2n) is 3.43. The molecule has 0 atom stereocenters. The number of anilines is 1. The van der Waals surface area contributed by atoms with E-state index in [1.807, 2.05) is 0 Å². The molecule has 1 aromatic carbocycles. The fourth-order valence-electron chi connectivity index (χ4n) is 1.26. The van der Waals surface area contributed by atoms with Gasteiger partial charge in [0.25, 0.3) is 0 Å². The smallest absolute Gasteiger partial charge is 0.399 e. The van der Waals surface area contributed by atoms with Gasteiger partial charge in [-0.05, 0) is 17.7 Å². The minimum Gasteiger partial charge on any atom is -0.399 e.